The molecule has 0 radical (unpaired) electrons. The van der Waals surface area contributed by atoms with Gasteiger partial charge in [0.1, 0.15) is 5.02 Å². The van der Waals surface area contributed by atoms with Crippen molar-refractivity contribution in [3.05, 3.63) is 26.6 Å². The molecule has 0 amide bonds. The normalized spacial score (nSPS) is 12.9. The van der Waals surface area contributed by atoms with Crippen molar-refractivity contribution in [1.82, 2.24) is 9.78 Å². The highest BCUT2D eigenvalue weighted by atomic mass is 35.5. The Balaban J connectivity index is 3.12. The maximum atomic E-state index is 11.3. The summed E-state index contributed by atoms with van der Waals surface area (Å²) in [6.07, 6.45) is 0.621. The van der Waals surface area contributed by atoms with Crippen molar-refractivity contribution in [3.8, 4) is 0 Å². The first kappa shape index (κ1) is 10.5. The molecule has 0 saturated carbocycles. The molecule has 0 aliphatic rings. The first-order valence-corrected chi connectivity index (χ1v) is 4.37. The van der Waals surface area contributed by atoms with Crippen LogP contribution in [0.5, 0.6) is 0 Å². The Kier molecular flexibility index (Phi) is 3.30. The van der Waals surface area contributed by atoms with Crippen molar-refractivity contribution in [2.24, 2.45) is 0 Å². The van der Waals surface area contributed by atoms with Gasteiger partial charge >= 0.3 is 0 Å². The molecule has 1 heterocycles. The third kappa shape index (κ3) is 2.43. The lowest BCUT2D eigenvalue weighted by Crippen LogP contribution is -2.27. The van der Waals surface area contributed by atoms with Gasteiger partial charge in [0, 0.05) is 0 Å². The van der Waals surface area contributed by atoms with E-state index in [1.54, 1.807) is 6.92 Å². The molecule has 0 fully saturated rings. The number of hydrogen-bond acceptors (Lipinski definition) is 3. The summed E-state index contributed by atoms with van der Waals surface area (Å²) < 4.78 is 1.07. The third-order valence-corrected chi connectivity index (χ3v) is 2.13. The van der Waals surface area contributed by atoms with Crippen molar-refractivity contribution in [2.45, 2.75) is 19.6 Å². The molecule has 0 bridgehead atoms. The average Bonchev–Trinajstić information content (AvgIpc) is 2.06. The number of aliphatic hydroxyl groups excluding tert-OH is 1. The molecule has 1 rings (SSSR count). The van der Waals surface area contributed by atoms with Crippen LogP contribution in [0.1, 0.15) is 6.92 Å². The number of rotatable bonds is 2. The predicted octanol–water partition coefficient (Wildman–Crippen LogP) is 0.931. The maximum Gasteiger partial charge on any atom is 0.287 e. The monoisotopic (exact) mass is 222 g/mol. The summed E-state index contributed by atoms with van der Waals surface area (Å²) >= 11 is 11.1. The first-order valence-electron chi connectivity index (χ1n) is 3.61. The van der Waals surface area contributed by atoms with E-state index in [-0.39, 0.29) is 16.6 Å². The van der Waals surface area contributed by atoms with Gasteiger partial charge in [0.25, 0.3) is 5.56 Å². The summed E-state index contributed by atoms with van der Waals surface area (Å²) in [4.78, 5) is 11.3. The molecule has 1 unspecified atom stereocenters. The molecule has 4 nitrogen and oxygen atoms in total. The maximum absolute atomic E-state index is 11.3. The van der Waals surface area contributed by atoms with Crippen LogP contribution in [0.2, 0.25) is 10.0 Å². The number of aromatic nitrogens is 2. The number of aliphatic hydroxyl groups is 1. The Labute approximate surface area is 84.7 Å². The van der Waals surface area contributed by atoms with Gasteiger partial charge in [-0.25, -0.2) is 4.68 Å². The van der Waals surface area contributed by atoms with E-state index in [1.807, 2.05) is 0 Å². The Bertz CT molecular complexity index is 362. The summed E-state index contributed by atoms with van der Waals surface area (Å²) in [6, 6.07) is 0. The Morgan fingerprint density at radius 3 is 2.85 bits per heavy atom. The van der Waals surface area contributed by atoms with Crippen LogP contribution >= 0.6 is 23.2 Å². The van der Waals surface area contributed by atoms with Crippen LogP contribution in [0.4, 0.5) is 0 Å². The zero-order chi connectivity index (χ0) is 10.0. The number of halogens is 2. The van der Waals surface area contributed by atoms with Crippen LogP contribution < -0.4 is 5.56 Å². The fraction of sp³-hybridized carbons (Fsp3) is 0.429. The minimum atomic E-state index is -0.651. The van der Waals surface area contributed by atoms with E-state index >= 15 is 0 Å². The summed E-state index contributed by atoms with van der Waals surface area (Å²) in [5.41, 5.74) is -0.491. The smallest absolute Gasteiger partial charge is 0.287 e. The lowest BCUT2D eigenvalue weighted by atomic mass is 10.4. The molecule has 1 aromatic heterocycles. The second-order valence-corrected chi connectivity index (χ2v) is 3.43. The second-order valence-electron chi connectivity index (χ2n) is 2.64. The van der Waals surface area contributed by atoms with Gasteiger partial charge < -0.3 is 5.11 Å². The molecule has 72 valence electrons. The molecule has 13 heavy (non-hydrogen) atoms. The summed E-state index contributed by atoms with van der Waals surface area (Å²) in [7, 11) is 0. The van der Waals surface area contributed by atoms with Gasteiger partial charge in [0.2, 0.25) is 0 Å². The molecule has 0 aliphatic carbocycles. The van der Waals surface area contributed by atoms with Crippen LogP contribution in [-0.4, -0.2) is 21.0 Å². The number of hydrogen-bond donors (Lipinski definition) is 1. The van der Waals surface area contributed by atoms with Crippen LogP contribution in [0, 0.1) is 0 Å². The van der Waals surface area contributed by atoms with E-state index < -0.39 is 11.7 Å². The summed E-state index contributed by atoms with van der Waals surface area (Å²) in [5.74, 6) is 0. The van der Waals surface area contributed by atoms with Gasteiger partial charge in [0.05, 0.1) is 23.9 Å². The largest absolute Gasteiger partial charge is 0.391 e. The minimum Gasteiger partial charge on any atom is -0.391 e. The zero-order valence-electron chi connectivity index (χ0n) is 6.87. The molecular weight excluding hydrogens is 215 g/mol. The van der Waals surface area contributed by atoms with Gasteiger partial charge in [-0.1, -0.05) is 23.2 Å². The fourth-order valence-corrected chi connectivity index (χ4v) is 1.10. The van der Waals surface area contributed by atoms with E-state index in [4.69, 9.17) is 28.3 Å². The van der Waals surface area contributed by atoms with Gasteiger partial charge in [-0.15, -0.1) is 0 Å². The fourth-order valence-electron chi connectivity index (χ4n) is 0.825. The standard InChI is InChI=1S/C7H8Cl2N2O2/c1-4(12)3-11-7(13)6(9)5(8)2-10-11/h2,4,12H,3H2,1H3. The molecular formula is C7H8Cl2N2O2. The highest BCUT2D eigenvalue weighted by molar-refractivity contribution is 6.41. The second kappa shape index (κ2) is 4.09. The van der Waals surface area contributed by atoms with Crippen molar-refractivity contribution in [3.63, 3.8) is 0 Å². The van der Waals surface area contributed by atoms with Crippen LogP contribution in [0.15, 0.2) is 11.0 Å². The zero-order valence-corrected chi connectivity index (χ0v) is 8.38. The van der Waals surface area contributed by atoms with Gasteiger partial charge in [-0.2, -0.15) is 5.10 Å². The van der Waals surface area contributed by atoms with Gasteiger partial charge in [-0.3, -0.25) is 4.79 Å². The highest BCUT2D eigenvalue weighted by Gasteiger charge is 2.08. The van der Waals surface area contributed by atoms with E-state index in [1.165, 1.54) is 6.20 Å². The lowest BCUT2D eigenvalue weighted by Gasteiger charge is -2.06. The Hall–Kier alpha value is -0.580. The summed E-state index contributed by atoms with van der Waals surface area (Å²) in [6.45, 7) is 1.66. The molecule has 0 saturated heterocycles. The topological polar surface area (TPSA) is 55.1 Å². The van der Waals surface area contributed by atoms with E-state index in [9.17, 15) is 4.79 Å². The minimum absolute atomic E-state index is 0.0719. The molecule has 1 N–H and O–H groups in total. The summed E-state index contributed by atoms with van der Waals surface area (Å²) in [5, 5.41) is 12.8. The molecule has 0 spiro atoms. The third-order valence-electron chi connectivity index (χ3n) is 1.38. The SMILES string of the molecule is CC(O)Cn1ncc(Cl)c(Cl)c1=O. The van der Waals surface area contributed by atoms with E-state index in [0.29, 0.717) is 0 Å². The van der Waals surface area contributed by atoms with Crippen LogP contribution in [0.25, 0.3) is 0 Å². The van der Waals surface area contributed by atoms with E-state index in [2.05, 4.69) is 5.10 Å². The average molecular weight is 223 g/mol. The first-order chi connectivity index (χ1) is 6.02. The molecule has 1 aromatic rings. The molecule has 0 aromatic carbocycles. The highest BCUT2D eigenvalue weighted by Crippen LogP contribution is 2.14. The molecule has 0 aliphatic heterocycles. The van der Waals surface area contributed by atoms with Crippen molar-refractivity contribution in [2.75, 3.05) is 0 Å². The lowest BCUT2D eigenvalue weighted by molar-refractivity contribution is 0.166. The van der Waals surface area contributed by atoms with Crippen molar-refractivity contribution in [1.29, 1.82) is 0 Å². The van der Waals surface area contributed by atoms with Crippen LogP contribution in [0.3, 0.4) is 0 Å². The van der Waals surface area contributed by atoms with E-state index in [0.717, 1.165) is 4.68 Å². The van der Waals surface area contributed by atoms with Crippen LogP contribution in [-0.2, 0) is 6.54 Å². The molecule has 6 heteroatoms. The van der Waals surface area contributed by atoms with Crippen molar-refractivity contribution >= 4 is 23.2 Å². The van der Waals surface area contributed by atoms with Gasteiger partial charge in [-0.05, 0) is 6.92 Å². The Morgan fingerprint density at radius 1 is 1.69 bits per heavy atom. The molecule has 1 atom stereocenters. The predicted molar refractivity (Wildman–Crippen MR) is 50.2 cm³/mol. The quantitative estimate of drug-likeness (QED) is 0.811. The number of nitrogens with zero attached hydrogens (tertiary/aromatic N) is 2. The van der Waals surface area contributed by atoms with Gasteiger partial charge in [0.15, 0.2) is 0 Å². The van der Waals surface area contributed by atoms with Crippen molar-refractivity contribution < 1.29 is 5.11 Å². The Morgan fingerprint density at radius 2 is 2.31 bits per heavy atom.